The van der Waals surface area contributed by atoms with Crippen LogP contribution in [0.3, 0.4) is 0 Å². The fourth-order valence-electron chi connectivity index (χ4n) is 4.65. The molecule has 0 spiro atoms. The molecule has 2 heterocycles. The van der Waals surface area contributed by atoms with Gasteiger partial charge in [0.2, 0.25) is 0 Å². The normalized spacial score (nSPS) is 12.7. The Bertz CT molecular complexity index is 1570. The molecule has 0 amide bonds. The first-order chi connectivity index (χ1) is 15.7. The Kier molecular flexibility index (Phi) is 4.58. The Morgan fingerprint density at radius 1 is 0.781 bits per heavy atom. The first kappa shape index (κ1) is 19.3. The molecule has 0 fully saturated rings. The molecular formula is C29H24N2S. The van der Waals surface area contributed by atoms with Crippen LogP contribution in [0.2, 0.25) is 0 Å². The molecule has 0 aliphatic carbocycles. The molecule has 2 nitrogen and oxygen atoms in total. The van der Waals surface area contributed by atoms with Gasteiger partial charge in [0.25, 0.3) is 0 Å². The van der Waals surface area contributed by atoms with Crippen molar-refractivity contribution in [2.75, 3.05) is 0 Å². The first-order valence-corrected chi connectivity index (χ1v) is 12.0. The van der Waals surface area contributed by atoms with Gasteiger partial charge in [0.05, 0.1) is 11.0 Å². The van der Waals surface area contributed by atoms with Gasteiger partial charge in [-0.15, -0.1) is 11.3 Å². The number of hydrogen-bond donors (Lipinski definition) is 0. The average molecular weight is 433 g/mol. The molecule has 6 aromatic rings. The quantitative estimate of drug-likeness (QED) is 0.272. The fraction of sp³-hybridized carbons (Fsp3) is 0.138. The largest absolute Gasteiger partial charge is 0.321 e. The van der Waals surface area contributed by atoms with E-state index in [0.29, 0.717) is 6.04 Å². The van der Waals surface area contributed by atoms with Crippen molar-refractivity contribution in [3.05, 3.63) is 91.0 Å². The van der Waals surface area contributed by atoms with Gasteiger partial charge in [-0.2, -0.15) is 0 Å². The summed E-state index contributed by atoms with van der Waals surface area (Å²) in [6, 6.07) is 33.1. The molecule has 156 valence electrons. The molecule has 3 heteroatoms. The van der Waals surface area contributed by atoms with E-state index in [-0.39, 0.29) is 0 Å². The Morgan fingerprint density at radius 2 is 1.50 bits per heavy atom. The number of rotatable bonds is 4. The van der Waals surface area contributed by atoms with Gasteiger partial charge in [-0.3, -0.25) is 0 Å². The predicted octanol–water partition coefficient (Wildman–Crippen LogP) is 8.71. The van der Waals surface area contributed by atoms with Crippen LogP contribution < -0.4 is 0 Å². The Balaban J connectivity index is 1.48. The van der Waals surface area contributed by atoms with E-state index in [9.17, 15) is 0 Å². The highest BCUT2D eigenvalue weighted by atomic mass is 32.1. The number of para-hydroxylation sites is 2. The van der Waals surface area contributed by atoms with Crippen molar-refractivity contribution >= 4 is 42.5 Å². The third-order valence-corrected chi connectivity index (χ3v) is 7.71. The SMILES string of the molecule is CCC(C)n1c(-c2ccc(-c3cccc4c3sc3ccccc34)cc2)nc2ccccc21. The van der Waals surface area contributed by atoms with Crippen LogP contribution in [0.4, 0.5) is 0 Å². The number of thiophene rings is 1. The maximum absolute atomic E-state index is 5.00. The summed E-state index contributed by atoms with van der Waals surface area (Å²) in [4.78, 5) is 5.00. The second-order valence-corrected chi connectivity index (χ2v) is 9.46. The summed E-state index contributed by atoms with van der Waals surface area (Å²) in [7, 11) is 0. The summed E-state index contributed by atoms with van der Waals surface area (Å²) in [5, 5.41) is 2.68. The van der Waals surface area contributed by atoms with Crippen molar-refractivity contribution in [2.24, 2.45) is 0 Å². The summed E-state index contributed by atoms with van der Waals surface area (Å²) in [5.74, 6) is 1.05. The van der Waals surface area contributed by atoms with Crippen molar-refractivity contribution in [3.63, 3.8) is 0 Å². The summed E-state index contributed by atoms with van der Waals surface area (Å²) < 4.78 is 5.08. The molecule has 32 heavy (non-hydrogen) atoms. The third kappa shape index (κ3) is 2.96. The highest BCUT2D eigenvalue weighted by Crippen LogP contribution is 2.40. The second kappa shape index (κ2) is 7.61. The number of hydrogen-bond acceptors (Lipinski definition) is 2. The molecule has 6 rings (SSSR count). The van der Waals surface area contributed by atoms with Gasteiger partial charge >= 0.3 is 0 Å². The zero-order valence-corrected chi connectivity index (χ0v) is 19.1. The smallest absolute Gasteiger partial charge is 0.141 e. The van der Waals surface area contributed by atoms with Crippen LogP contribution in [0.25, 0.3) is 53.7 Å². The molecule has 0 bridgehead atoms. The van der Waals surface area contributed by atoms with Gasteiger partial charge < -0.3 is 4.57 Å². The van der Waals surface area contributed by atoms with Crippen LogP contribution in [0, 0.1) is 0 Å². The Morgan fingerprint density at radius 3 is 2.34 bits per heavy atom. The van der Waals surface area contributed by atoms with Gasteiger partial charge in [0.15, 0.2) is 0 Å². The molecular weight excluding hydrogens is 408 g/mol. The zero-order valence-electron chi connectivity index (χ0n) is 18.2. The summed E-state index contributed by atoms with van der Waals surface area (Å²) in [6.07, 6.45) is 1.07. The lowest BCUT2D eigenvalue weighted by molar-refractivity contribution is 0.550. The fourth-order valence-corrected chi connectivity index (χ4v) is 5.89. The summed E-state index contributed by atoms with van der Waals surface area (Å²) in [6.45, 7) is 4.51. The molecule has 0 saturated heterocycles. The average Bonchev–Trinajstić information content (AvgIpc) is 3.42. The van der Waals surface area contributed by atoms with Crippen LogP contribution in [-0.2, 0) is 0 Å². The van der Waals surface area contributed by atoms with E-state index in [2.05, 4.69) is 109 Å². The van der Waals surface area contributed by atoms with E-state index >= 15 is 0 Å². The molecule has 0 N–H and O–H groups in total. The highest BCUT2D eigenvalue weighted by molar-refractivity contribution is 7.26. The molecule has 1 atom stereocenters. The zero-order chi connectivity index (χ0) is 21.7. The molecule has 0 radical (unpaired) electrons. The first-order valence-electron chi connectivity index (χ1n) is 11.2. The van der Waals surface area contributed by atoms with Crippen molar-refractivity contribution in [1.29, 1.82) is 0 Å². The number of fused-ring (bicyclic) bond motifs is 4. The molecule has 4 aromatic carbocycles. The standard InChI is InChI=1S/C29H24N2S/c1-3-19(2)31-26-13-6-5-12-25(26)30-29(31)21-17-15-20(16-18-21)22-10-8-11-24-23-9-4-7-14-27(23)32-28(22)24/h4-19H,3H2,1-2H3. The van der Waals surface area contributed by atoms with Crippen LogP contribution in [0.1, 0.15) is 26.3 Å². The Hall–Kier alpha value is -3.43. The number of nitrogens with zero attached hydrogens (tertiary/aromatic N) is 2. The second-order valence-electron chi connectivity index (χ2n) is 8.41. The van der Waals surface area contributed by atoms with E-state index in [1.807, 2.05) is 11.3 Å². The lowest BCUT2D eigenvalue weighted by Gasteiger charge is -2.16. The molecule has 0 aliphatic heterocycles. The van der Waals surface area contributed by atoms with E-state index in [1.165, 1.54) is 36.8 Å². The highest BCUT2D eigenvalue weighted by Gasteiger charge is 2.16. The predicted molar refractivity (Wildman–Crippen MR) is 138 cm³/mol. The van der Waals surface area contributed by atoms with Crippen LogP contribution in [-0.4, -0.2) is 9.55 Å². The molecule has 0 saturated carbocycles. The van der Waals surface area contributed by atoms with Gasteiger partial charge in [-0.05, 0) is 42.7 Å². The number of aromatic nitrogens is 2. The minimum Gasteiger partial charge on any atom is -0.321 e. The minimum absolute atomic E-state index is 0.393. The molecule has 1 unspecified atom stereocenters. The number of imidazole rings is 1. The lowest BCUT2D eigenvalue weighted by atomic mass is 10.0. The van der Waals surface area contributed by atoms with Crippen molar-refractivity contribution in [3.8, 4) is 22.5 Å². The van der Waals surface area contributed by atoms with E-state index in [4.69, 9.17) is 4.98 Å². The van der Waals surface area contributed by atoms with Crippen molar-refractivity contribution in [2.45, 2.75) is 26.3 Å². The topological polar surface area (TPSA) is 17.8 Å². The third-order valence-electron chi connectivity index (χ3n) is 6.49. The van der Waals surface area contributed by atoms with Gasteiger partial charge in [-0.25, -0.2) is 4.98 Å². The monoisotopic (exact) mass is 432 g/mol. The molecule has 0 aliphatic rings. The van der Waals surface area contributed by atoms with E-state index < -0.39 is 0 Å². The van der Waals surface area contributed by atoms with Gasteiger partial charge in [0.1, 0.15) is 5.82 Å². The van der Waals surface area contributed by atoms with Crippen LogP contribution >= 0.6 is 11.3 Å². The lowest BCUT2D eigenvalue weighted by Crippen LogP contribution is -2.05. The summed E-state index contributed by atoms with van der Waals surface area (Å²) in [5.41, 5.74) is 5.97. The van der Waals surface area contributed by atoms with Crippen molar-refractivity contribution < 1.29 is 0 Å². The molecule has 2 aromatic heterocycles. The maximum Gasteiger partial charge on any atom is 0.141 e. The minimum atomic E-state index is 0.393. The van der Waals surface area contributed by atoms with Crippen molar-refractivity contribution in [1.82, 2.24) is 9.55 Å². The summed E-state index contributed by atoms with van der Waals surface area (Å²) >= 11 is 1.88. The van der Waals surface area contributed by atoms with Gasteiger partial charge in [0, 0.05) is 31.8 Å². The van der Waals surface area contributed by atoms with Crippen LogP contribution in [0.5, 0.6) is 0 Å². The van der Waals surface area contributed by atoms with Gasteiger partial charge in [-0.1, -0.05) is 79.7 Å². The Labute approximate surface area is 191 Å². The maximum atomic E-state index is 5.00. The van der Waals surface area contributed by atoms with Crippen LogP contribution in [0.15, 0.2) is 91.0 Å². The number of benzene rings is 4. The van der Waals surface area contributed by atoms with E-state index in [1.54, 1.807) is 0 Å². The van der Waals surface area contributed by atoms with E-state index in [0.717, 1.165) is 23.3 Å².